The van der Waals surface area contributed by atoms with Gasteiger partial charge in [-0.25, -0.2) is 8.42 Å². The monoisotopic (exact) mass is 288 g/mol. The second-order valence-electron chi connectivity index (χ2n) is 4.56. The predicted molar refractivity (Wildman–Crippen MR) is 74.6 cm³/mol. The number of piperidine rings is 1. The SMILES string of the molecule is Cc1cc(Cl)ccc1NS(=O)(=O)C1CCNCC1. The number of rotatable bonds is 3. The minimum Gasteiger partial charge on any atom is -0.317 e. The average molecular weight is 289 g/mol. The molecule has 1 aromatic rings. The molecule has 1 fully saturated rings. The molecule has 1 heterocycles. The molecule has 2 N–H and O–H groups in total. The lowest BCUT2D eigenvalue weighted by Crippen LogP contribution is -2.38. The third-order valence-corrected chi connectivity index (χ3v) is 5.25. The third-order valence-electron chi connectivity index (χ3n) is 3.17. The molecule has 0 unspecified atom stereocenters. The van der Waals surface area contributed by atoms with E-state index < -0.39 is 10.0 Å². The molecule has 0 amide bonds. The van der Waals surface area contributed by atoms with Gasteiger partial charge in [-0.05, 0) is 56.6 Å². The zero-order valence-electron chi connectivity index (χ0n) is 10.2. The van der Waals surface area contributed by atoms with E-state index in [1.165, 1.54) is 0 Å². The van der Waals surface area contributed by atoms with Gasteiger partial charge >= 0.3 is 0 Å². The van der Waals surface area contributed by atoms with Crippen molar-refractivity contribution in [2.75, 3.05) is 17.8 Å². The van der Waals surface area contributed by atoms with Gasteiger partial charge in [0.2, 0.25) is 10.0 Å². The number of sulfonamides is 1. The van der Waals surface area contributed by atoms with Crippen LogP contribution in [-0.4, -0.2) is 26.8 Å². The largest absolute Gasteiger partial charge is 0.317 e. The van der Waals surface area contributed by atoms with Crippen LogP contribution in [0.15, 0.2) is 18.2 Å². The molecule has 0 aliphatic carbocycles. The lowest BCUT2D eigenvalue weighted by Gasteiger charge is -2.23. The van der Waals surface area contributed by atoms with Crippen molar-refractivity contribution in [3.63, 3.8) is 0 Å². The summed E-state index contributed by atoms with van der Waals surface area (Å²) in [5, 5.41) is 3.46. The highest BCUT2D eigenvalue weighted by Crippen LogP contribution is 2.23. The van der Waals surface area contributed by atoms with Gasteiger partial charge in [0.15, 0.2) is 0 Å². The molecule has 0 saturated carbocycles. The molecule has 100 valence electrons. The fourth-order valence-electron chi connectivity index (χ4n) is 2.08. The van der Waals surface area contributed by atoms with Crippen LogP contribution in [0.2, 0.25) is 5.02 Å². The van der Waals surface area contributed by atoms with Gasteiger partial charge in [0.1, 0.15) is 0 Å². The third kappa shape index (κ3) is 3.16. The minimum absolute atomic E-state index is 0.311. The number of aryl methyl sites for hydroxylation is 1. The molecular formula is C12H17ClN2O2S. The molecule has 1 aromatic carbocycles. The van der Waals surface area contributed by atoms with Crippen LogP contribution in [0.4, 0.5) is 5.69 Å². The molecule has 0 atom stereocenters. The molecule has 2 rings (SSSR count). The number of halogens is 1. The molecule has 0 radical (unpaired) electrons. The predicted octanol–water partition coefficient (Wildman–Crippen LogP) is 2.14. The van der Waals surface area contributed by atoms with Crippen molar-refractivity contribution in [3.05, 3.63) is 28.8 Å². The van der Waals surface area contributed by atoms with Crippen molar-refractivity contribution < 1.29 is 8.42 Å². The minimum atomic E-state index is -3.30. The smallest absolute Gasteiger partial charge is 0.235 e. The molecule has 18 heavy (non-hydrogen) atoms. The first-order valence-corrected chi connectivity index (χ1v) is 7.90. The molecule has 0 spiro atoms. The zero-order valence-corrected chi connectivity index (χ0v) is 11.8. The van der Waals surface area contributed by atoms with E-state index in [0.717, 1.165) is 18.7 Å². The van der Waals surface area contributed by atoms with E-state index in [2.05, 4.69) is 10.0 Å². The van der Waals surface area contributed by atoms with Gasteiger partial charge in [-0.3, -0.25) is 4.72 Å². The lowest BCUT2D eigenvalue weighted by atomic mass is 10.2. The zero-order chi connectivity index (χ0) is 13.2. The van der Waals surface area contributed by atoms with Crippen LogP contribution in [0.1, 0.15) is 18.4 Å². The highest BCUT2D eigenvalue weighted by Gasteiger charge is 2.27. The maximum Gasteiger partial charge on any atom is 0.235 e. The Bertz CT molecular complexity index is 525. The van der Waals surface area contributed by atoms with Gasteiger partial charge in [-0.2, -0.15) is 0 Å². The van der Waals surface area contributed by atoms with Crippen molar-refractivity contribution in [3.8, 4) is 0 Å². The molecule has 0 aromatic heterocycles. The van der Waals surface area contributed by atoms with Crippen LogP contribution >= 0.6 is 11.6 Å². The number of nitrogens with one attached hydrogen (secondary N) is 2. The first kappa shape index (κ1) is 13.6. The van der Waals surface area contributed by atoms with Crippen LogP contribution < -0.4 is 10.0 Å². The first-order chi connectivity index (χ1) is 8.49. The van der Waals surface area contributed by atoms with E-state index in [9.17, 15) is 8.42 Å². The van der Waals surface area contributed by atoms with Crippen molar-refractivity contribution in [2.45, 2.75) is 25.0 Å². The summed E-state index contributed by atoms with van der Waals surface area (Å²) in [4.78, 5) is 0. The van der Waals surface area contributed by atoms with Gasteiger partial charge in [-0.15, -0.1) is 0 Å². The maximum absolute atomic E-state index is 12.2. The van der Waals surface area contributed by atoms with Gasteiger partial charge in [0.25, 0.3) is 0 Å². The van der Waals surface area contributed by atoms with Crippen molar-refractivity contribution in [1.82, 2.24) is 5.32 Å². The van der Waals surface area contributed by atoms with Gasteiger partial charge < -0.3 is 5.32 Å². The molecule has 1 aliphatic heterocycles. The quantitative estimate of drug-likeness (QED) is 0.896. The summed E-state index contributed by atoms with van der Waals surface area (Å²) in [6.07, 6.45) is 1.31. The van der Waals surface area contributed by atoms with E-state index in [4.69, 9.17) is 11.6 Å². The Morgan fingerprint density at radius 3 is 2.61 bits per heavy atom. The fourth-order valence-corrected chi connectivity index (χ4v) is 3.87. The Kier molecular flexibility index (Phi) is 4.14. The molecule has 6 heteroatoms. The van der Waals surface area contributed by atoms with E-state index in [0.29, 0.717) is 23.6 Å². The van der Waals surface area contributed by atoms with Gasteiger partial charge in [-0.1, -0.05) is 11.6 Å². The summed E-state index contributed by atoms with van der Waals surface area (Å²) in [6.45, 7) is 3.35. The number of benzene rings is 1. The van der Waals surface area contributed by atoms with Crippen LogP contribution in [0.5, 0.6) is 0 Å². The molecule has 1 aliphatic rings. The summed E-state index contributed by atoms with van der Waals surface area (Å²) in [7, 11) is -3.30. The van der Waals surface area contributed by atoms with E-state index >= 15 is 0 Å². The Hall–Kier alpha value is -0.780. The Labute approximate surface area is 113 Å². The Morgan fingerprint density at radius 2 is 2.00 bits per heavy atom. The van der Waals surface area contributed by atoms with Gasteiger partial charge in [0.05, 0.1) is 10.9 Å². The van der Waals surface area contributed by atoms with Crippen molar-refractivity contribution in [2.24, 2.45) is 0 Å². The fraction of sp³-hybridized carbons (Fsp3) is 0.500. The average Bonchev–Trinajstić information content (AvgIpc) is 2.34. The topological polar surface area (TPSA) is 58.2 Å². The van der Waals surface area contributed by atoms with Crippen LogP contribution in [-0.2, 0) is 10.0 Å². The summed E-state index contributed by atoms with van der Waals surface area (Å²) in [6, 6.07) is 5.15. The highest BCUT2D eigenvalue weighted by atomic mass is 35.5. The molecule has 4 nitrogen and oxygen atoms in total. The Balaban J connectivity index is 2.16. The lowest BCUT2D eigenvalue weighted by molar-refractivity contribution is 0.499. The second kappa shape index (κ2) is 5.47. The van der Waals surface area contributed by atoms with Crippen LogP contribution in [0, 0.1) is 6.92 Å². The highest BCUT2D eigenvalue weighted by molar-refractivity contribution is 7.93. The molecule has 1 saturated heterocycles. The normalized spacial score (nSPS) is 17.7. The maximum atomic E-state index is 12.2. The Morgan fingerprint density at radius 1 is 1.33 bits per heavy atom. The van der Waals surface area contributed by atoms with E-state index in [-0.39, 0.29) is 5.25 Å². The number of anilines is 1. The van der Waals surface area contributed by atoms with Crippen LogP contribution in [0.3, 0.4) is 0 Å². The second-order valence-corrected chi connectivity index (χ2v) is 6.95. The number of hydrogen-bond donors (Lipinski definition) is 2. The first-order valence-electron chi connectivity index (χ1n) is 5.97. The summed E-state index contributed by atoms with van der Waals surface area (Å²) in [5.41, 5.74) is 1.44. The number of hydrogen-bond acceptors (Lipinski definition) is 3. The van der Waals surface area contributed by atoms with Crippen LogP contribution in [0.25, 0.3) is 0 Å². The summed E-state index contributed by atoms with van der Waals surface area (Å²) in [5.74, 6) is 0. The standard InChI is InChI=1S/C12H17ClN2O2S/c1-9-8-10(13)2-3-12(9)15-18(16,17)11-4-6-14-7-5-11/h2-3,8,11,14-15H,4-7H2,1H3. The van der Waals surface area contributed by atoms with Crippen molar-refractivity contribution >= 4 is 27.3 Å². The van der Waals surface area contributed by atoms with E-state index in [1.54, 1.807) is 18.2 Å². The van der Waals surface area contributed by atoms with Crippen molar-refractivity contribution in [1.29, 1.82) is 0 Å². The van der Waals surface area contributed by atoms with Gasteiger partial charge in [0, 0.05) is 5.02 Å². The molecular weight excluding hydrogens is 272 g/mol. The summed E-state index contributed by atoms with van der Waals surface area (Å²) < 4.78 is 27.1. The summed E-state index contributed by atoms with van der Waals surface area (Å²) >= 11 is 5.85. The van der Waals surface area contributed by atoms with E-state index in [1.807, 2.05) is 6.92 Å². The molecule has 0 bridgehead atoms.